The fourth-order valence-corrected chi connectivity index (χ4v) is 1.58. The molecule has 0 spiro atoms. The molecule has 0 bridgehead atoms. The van der Waals surface area contributed by atoms with Gasteiger partial charge in [0.25, 0.3) is 0 Å². The molecular weight excluding hydrogens is 174 g/mol. The second-order valence-corrected chi connectivity index (χ2v) is 3.95. The Hall–Kier alpha value is -1.31. The van der Waals surface area contributed by atoms with E-state index < -0.39 is 0 Å². The Bertz CT molecular complexity index is 329. The van der Waals surface area contributed by atoms with Crippen molar-refractivity contribution >= 4 is 5.71 Å². The molecule has 1 aromatic carbocycles. The molecule has 0 fully saturated rings. The lowest BCUT2D eigenvalue weighted by Gasteiger charge is -2.07. The fraction of sp³-hybridized carbons (Fsp3) is 0.417. The first kappa shape index (κ1) is 9.25. The van der Waals surface area contributed by atoms with E-state index in [-0.39, 0.29) is 6.10 Å². The average Bonchev–Trinajstić information content (AvgIpc) is 2.68. The summed E-state index contributed by atoms with van der Waals surface area (Å²) in [5.74, 6) is 0.490. The molecule has 14 heavy (non-hydrogen) atoms. The van der Waals surface area contributed by atoms with Crippen molar-refractivity contribution in [1.29, 1.82) is 0 Å². The Labute approximate surface area is 84.6 Å². The topological polar surface area (TPSA) is 21.6 Å². The van der Waals surface area contributed by atoms with Gasteiger partial charge in [-0.15, -0.1) is 0 Å². The normalized spacial score (nSPS) is 20.8. The van der Waals surface area contributed by atoms with Gasteiger partial charge in [-0.3, -0.25) is 0 Å². The molecule has 0 N–H and O–H groups in total. The van der Waals surface area contributed by atoms with Crippen molar-refractivity contribution in [2.75, 3.05) is 0 Å². The number of rotatable bonds is 2. The van der Waals surface area contributed by atoms with E-state index in [0.717, 1.165) is 6.42 Å². The Balaban J connectivity index is 2.06. The third-order valence-electron chi connectivity index (χ3n) is 2.53. The smallest absolute Gasteiger partial charge is 0.157 e. The minimum Gasteiger partial charge on any atom is -0.387 e. The zero-order valence-corrected chi connectivity index (χ0v) is 8.60. The van der Waals surface area contributed by atoms with Crippen molar-refractivity contribution in [3.05, 3.63) is 35.9 Å². The summed E-state index contributed by atoms with van der Waals surface area (Å²) in [5.41, 5.74) is 2.38. The lowest BCUT2D eigenvalue weighted by molar-refractivity contribution is 0.0857. The molecule has 1 atom stereocenters. The van der Waals surface area contributed by atoms with Crippen LogP contribution in [0.3, 0.4) is 0 Å². The quantitative estimate of drug-likeness (QED) is 0.700. The van der Waals surface area contributed by atoms with Crippen molar-refractivity contribution in [1.82, 2.24) is 0 Å². The van der Waals surface area contributed by atoms with E-state index in [1.54, 1.807) is 0 Å². The predicted molar refractivity (Wildman–Crippen MR) is 57.2 cm³/mol. The number of oxime groups is 1. The number of hydrogen-bond donors (Lipinski definition) is 0. The van der Waals surface area contributed by atoms with Crippen LogP contribution in [-0.4, -0.2) is 5.71 Å². The molecule has 0 amide bonds. The van der Waals surface area contributed by atoms with Crippen LogP contribution in [0.25, 0.3) is 0 Å². The zero-order chi connectivity index (χ0) is 9.97. The first-order valence-electron chi connectivity index (χ1n) is 5.05. The van der Waals surface area contributed by atoms with Crippen molar-refractivity contribution in [2.24, 2.45) is 11.1 Å². The van der Waals surface area contributed by atoms with Gasteiger partial charge in [-0.05, 0) is 11.5 Å². The van der Waals surface area contributed by atoms with Crippen LogP contribution >= 0.6 is 0 Å². The highest BCUT2D eigenvalue weighted by molar-refractivity contribution is 5.87. The molecule has 2 nitrogen and oxygen atoms in total. The summed E-state index contributed by atoms with van der Waals surface area (Å²) in [7, 11) is 0. The standard InChI is InChI=1S/C12H15NO/c1-9(2)11-8-12(14-13-11)10-6-4-3-5-7-10/h3-7,9,12H,8H2,1-2H3. The van der Waals surface area contributed by atoms with Crippen LogP contribution in [0.4, 0.5) is 0 Å². The first-order valence-corrected chi connectivity index (χ1v) is 5.05. The maximum absolute atomic E-state index is 5.40. The fourth-order valence-electron chi connectivity index (χ4n) is 1.58. The van der Waals surface area contributed by atoms with Gasteiger partial charge in [0.15, 0.2) is 6.10 Å². The molecule has 0 aliphatic carbocycles. The number of nitrogens with zero attached hydrogens (tertiary/aromatic N) is 1. The van der Waals surface area contributed by atoms with Gasteiger partial charge in [-0.1, -0.05) is 49.3 Å². The van der Waals surface area contributed by atoms with E-state index >= 15 is 0 Å². The molecule has 1 heterocycles. The Morgan fingerprint density at radius 3 is 2.57 bits per heavy atom. The SMILES string of the molecule is CC(C)C1=NOC(c2ccccc2)C1. The minimum absolute atomic E-state index is 0.133. The Kier molecular flexibility index (Phi) is 2.53. The summed E-state index contributed by atoms with van der Waals surface area (Å²) < 4.78 is 0. The molecule has 1 aliphatic rings. The highest BCUT2D eigenvalue weighted by Gasteiger charge is 2.23. The van der Waals surface area contributed by atoms with E-state index in [4.69, 9.17) is 4.84 Å². The van der Waals surface area contributed by atoms with Crippen LogP contribution in [-0.2, 0) is 4.84 Å². The van der Waals surface area contributed by atoms with Gasteiger partial charge >= 0.3 is 0 Å². The second-order valence-electron chi connectivity index (χ2n) is 3.95. The van der Waals surface area contributed by atoms with Crippen LogP contribution in [0.15, 0.2) is 35.5 Å². The van der Waals surface area contributed by atoms with Gasteiger partial charge in [-0.2, -0.15) is 0 Å². The average molecular weight is 189 g/mol. The van der Waals surface area contributed by atoms with Gasteiger partial charge in [0, 0.05) is 6.42 Å². The van der Waals surface area contributed by atoms with Crippen LogP contribution in [0.2, 0.25) is 0 Å². The molecule has 0 saturated heterocycles. The highest BCUT2D eigenvalue weighted by Crippen LogP contribution is 2.28. The zero-order valence-electron chi connectivity index (χ0n) is 8.60. The molecule has 1 unspecified atom stereocenters. The van der Waals surface area contributed by atoms with E-state index in [1.807, 2.05) is 18.2 Å². The minimum atomic E-state index is 0.133. The van der Waals surface area contributed by atoms with E-state index in [0.29, 0.717) is 5.92 Å². The van der Waals surface area contributed by atoms with Gasteiger partial charge < -0.3 is 4.84 Å². The summed E-state index contributed by atoms with van der Waals surface area (Å²) in [6.45, 7) is 4.30. The van der Waals surface area contributed by atoms with E-state index in [2.05, 4.69) is 31.1 Å². The number of benzene rings is 1. The third-order valence-corrected chi connectivity index (χ3v) is 2.53. The van der Waals surface area contributed by atoms with Gasteiger partial charge in [-0.25, -0.2) is 0 Å². The lowest BCUT2D eigenvalue weighted by atomic mass is 9.99. The van der Waals surface area contributed by atoms with Crippen LogP contribution in [0.5, 0.6) is 0 Å². The molecule has 0 saturated carbocycles. The molecule has 0 radical (unpaired) electrons. The van der Waals surface area contributed by atoms with E-state index in [9.17, 15) is 0 Å². The first-order chi connectivity index (χ1) is 6.77. The highest BCUT2D eigenvalue weighted by atomic mass is 16.6. The molecule has 1 aromatic rings. The molecule has 2 heteroatoms. The van der Waals surface area contributed by atoms with Crippen LogP contribution in [0.1, 0.15) is 31.9 Å². The summed E-state index contributed by atoms with van der Waals surface area (Å²) in [6.07, 6.45) is 1.07. The molecule has 74 valence electrons. The second kappa shape index (κ2) is 3.82. The molecular formula is C12H15NO. The molecule has 1 aliphatic heterocycles. The Morgan fingerprint density at radius 1 is 1.29 bits per heavy atom. The van der Waals surface area contributed by atoms with Crippen molar-refractivity contribution < 1.29 is 4.84 Å². The van der Waals surface area contributed by atoms with Gasteiger partial charge in [0.2, 0.25) is 0 Å². The van der Waals surface area contributed by atoms with Gasteiger partial charge in [0.05, 0.1) is 5.71 Å². The summed E-state index contributed by atoms with van der Waals surface area (Å²) in [5, 5.41) is 4.11. The third kappa shape index (κ3) is 1.79. The van der Waals surface area contributed by atoms with Gasteiger partial charge in [0.1, 0.15) is 0 Å². The lowest BCUT2D eigenvalue weighted by Crippen LogP contribution is -2.05. The maximum Gasteiger partial charge on any atom is 0.157 e. The van der Waals surface area contributed by atoms with Crippen LogP contribution < -0.4 is 0 Å². The van der Waals surface area contributed by atoms with E-state index in [1.165, 1.54) is 11.3 Å². The van der Waals surface area contributed by atoms with Crippen LogP contribution in [0, 0.1) is 5.92 Å². The van der Waals surface area contributed by atoms with Crippen molar-refractivity contribution in [2.45, 2.75) is 26.4 Å². The predicted octanol–water partition coefficient (Wildman–Crippen LogP) is 3.16. The molecule has 2 rings (SSSR count). The summed E-state index contributed by atoms with van der Waals surface area (Å²) in [6, 6.07) is 10.3. The summed E-state index contributed by atoms with van der Waals surface area (Å²) in [4.78, 5) is 5.40. The van der Waals surface area contributed by atoms with Crippen molar-refractivity contribution in [3.63, 3.8) is 0 Å². The summed E-state index contributed by atoms with van der Waals surface area (Å²) >= 11 is 0. The number of hydrogen-bond acceptors (Lipinski definition) is 2. The maximum atomic E-state index is 5.40. The Morgan fingerprint density at radius 2 is 2.00 bits per heavy atom. The van der Waals surface area contributed by atoms with Crippen molar-refractivity contribution in [3.8, 4) is 0 Å². The largest absolute Gasteiger partial charge is 0.387 e. The monoisotopic (exact) mass is 189 g/mol. The molecule has 0 aromatic heterocycles.